The van der Waals surface area contributed by atoms with Gasteiger partial charge in [-0.1, -0.05) is 0 Å². The van der Waals surface area contributed by atoms with Gasteiger partial charge in [0.2, 0.25) is 15.9 Å². The molecule has 1 N–H and O–H groups in total. The minimum Gasteiger partial charge on any atom is -0.497 e. The fourth-order valence-electron chi connectivity index (χ4n) is 6.68. The Hall–Kier alpha value is -1.82. The Morgan fingerprint density at radius 3 is 2.25 bits per heavy atom. The van der Waals surface area contributed by atoms with Crippen LogP contribution in [0, 0.1) is 19.8 Å². The number of aryl methyl sites for hydroxylation is 2. The molecule has 3 aliphatic rings. The first-order chi connectivity index (χ1) is 18.9. The van der Waals surface area contributed by atoms with Crippen LogP contribution in [0.2, 0.25) is 0 Å². The molecule has 1 amide bonds. The Morgan fingerprint density at radius 1 is 1.07 bits per heavy atom. The summed E-state index contributed by atoms with van der Waals surface area (Å²) in [6.07, 6.45) is 6.10. The largest absolute Gasteiger partial charge is 0.497 e. The van der Waals surface area contributed by atoms with Gasteiger partial charge in [-0.05, 0) is 94.6 Å². The number of ether oxygens (including phenoxy) is 1. The van der Waals surface area contributed by atoms with Gasteiger partial charge in [-0.25, -0.2) is 21.5 Å². The molecule has 0 bridgehead atoms. The average Bonchev–Trinajstić information content (AvgIpc) is 3.25. The fraction of sp³-hybridized carbons (Fsp3) is 0.759. The number of nitrogens with zero attached hydrogens (tertiary/aromatic N) is 3. The van der Waals surface area contributed by atoms with Gasteiger partial charge in [-0.15, -0.1) is 0 Å². The highest BCUT2D eigenvalue weighted by molar-refractivity contribution is 7.89. The summed E-state index contributed by atoms with van der Waals surface area (Å²) in [7, 11) is -0.670. The van der Waals surface area contributed by atoms with Gasteiger partial charge in [0.05, 0.1) is 18.6 Å². The Kier molecular flexibility index (Phi) is 10.1. The van der Waals surface area contributed by atoms with Crippen molar-refractivity contribution >= 4 is 15.9 Å². The first-order valence-corrected chi connectivity index (χ1v) is 16.1. The summed E-state index contributed by atoms with van der Waals surface area (Å²) in [4.78, 5) is 17.4. The maximum absolute atomic E-state index is 13.5. The lowest BCUT2D eigenvalue weighted by Crippen LogP contribution is -2.47. The van der Waals surface area contributed by atoms with Crippen molar-refractivity contribution in [3.05, 3.63) is 23.3 Å². The lowest BCUT2D eigenvalue weighted by molar-refractivity contribution is -0.122. The highest BCUT2D eigenvalue weighted by atomic mass is 32.2. The second-order valence-electron chi connectivity index (χ2n) is 12.1. The Balaban J connectivity index is 1.16. The zero-order valence-corrected chi connectivity index (χ0v) is 25.2. The minimum absolute atomic E-state index is 0.00941. The number of hydrogen-bond donors (Lipinski definition) is 1. The van der Waals surface area contributed by atoms with Gasteiger partial charge in [0.1, 0.15) is 5.75 Å². The molecular formula is C29H46F2N4O4S. The number of hydrogen-bond acceptors (Lipinski definition) is 6. The molecule has 1 aromatic rings. The first-order valence-electron chi connectivity index (χ1n) is 14.6. The average molecular weight is 585 g/mol. The van der Waals surface area contributed by atoms with Crippen LogP contribution in [-0.4, -0.2) is 99.9 Å². The van der Waals surface area contributed by atoms with E-state index < -0.39 is 15.9 Å². The van der Waals surface area contributed by atoms with E-state index in [2.05, 4.69) is 10.2 Å². The molecule has 11 heteroatoms. The summed E-state index contributed by atoms with van der Waals surface area (Å²) < 4.78 is 59.9. The summed E-state index contributed by atoms with van der Waals surface area (Å²) in [6.45, 7) is 6.86. The quantitative estimate of drug-likeness (QED) is 0.451. The third kappa shape index (κ3) is 7.72. The maximum atomic E-state index is 13.5. The number of methoxy groups -OCH3 is 1. The van der Waals surface area contributed by atoms with Gasteiger partial charge in [0.25, 0.3) is 5.92 Å². The number of benzene rings is 1. The molecular weight excluding hydrogens is 538 g/mol. The number of carbonyl (C=O) groups excluding carboxylic acids is 1. The highest BCUT2D eigenvalue weighted by Gasteiger charge is 2.39. The standard InChI is InChI=1S/C29H46F2N4O4S/c1-21-17-26(39-4)18-22(2)28(21)40(37,38)33(3)13-11-27(36)32-24-5-7-25(8-6-24)35-14-9-23(10-15-35)19-34-16-12-29(30,31)20-34/h17-18,23-25H,5-16,19-20H2,1-4H3,(H,32,36). The Morgan fingerprint density at radius 2 is 1.70 bits per heavy atom. The molecule has 0 aromatic heterocycles. The van der Waals surface area contributed by atoms with Crippen LogP contribution in [-0.2, 0) is 14.8 Å². The fourth-order valence-corrected chi connectivity index (χ4v) is 8.26. The predicted molar refractivity (Wildman–Crippen MR) is 151 cm³/mol. The molecule has 2 aliphatic heterocycles. The van der Waals surface area contributed by atoms with Crippen molar-refractivity contribution in [1.29, 1.82) is 0 Å². The summed E-state index contributed by atoms with van der Waals surface area (Å²) in [5.74, 6) is -1.53. The third-order valence-corrected chi connectivity index (χ3v) is 11.1. The van der Waals surface area contributed by atoms with Gasteiger partial charge >= 0.3 is 0 Å². The second-order valence-corrected chi connectivity index (χ2v) is 14.0. The smallest absolute Gasteiger partial charge is 0.261 e. The minimum atomic E-state index is -3.73. The van der Waals surface area contributed by atoms with Gasteiger partial charge in [-0.2, -0.15) is 0 Å². The van der Waals surface area contributed by atoms with E-state index in [4.69, 9.17) is 4.74 Å². The van der Waals surface area contributed by atoms with Crippen LogP contribution in [0.3, 0.4) is 0 Å². The molecule has 0 unspecified atom stereocenters. The van der Waals surface area contributed by atoms with E-state index in [0.29, 0.717) is 35.4 Å². The summed E-state index contributed by atoms with van der Waals surface area (Å²) in [6, 6.07) is 4.04. The predicted octanol–water partition coefficient (Wildman–Crippen LogP) is 3.80. The lowest BCUT2D eigenvalue weighted by atomic mass is 9.87. The van der Waals surface area contributed by atoms with Gasteiger partial charge in [0.15, 0.2) is 0 Å². The number of sulfonamides is 1. The Labute approximate surface area is 238 Å². The molecule has 0 atom stereocenters. The number of amides is 1. The van der Waals surface area contributed by atoms with Gasteiger partial charge < -0.3 is 15.0 Å². The second kappa shape index (κ2) is 13.0. The molecule has 40 heavy (non-hydrogen) atoms. The number of carbonyl (C=O) groups is 1. The van der Waals surface area contributed by atoms with Crippen molar-refractivity contribution in [3.63, 3.8) is 0 Å². The van der Waals surface area contributed by atoms with E-state index in [1.807, 2.05) is 4.90 Å². The normalized spacial score (nSPS) is 24.9. The molecule has 1 aromatic carbocycles. The van der Waals surface area contributed by atoms with Crippen molar-refractivity contribution in [2.75, 3.05) is 53.4 Å². The third-order valence-electron chi connectivity index (χ3n) is 8.98. The molecule has 0 radical (unpaired) electrons. The van der Waals surface area contributed by atoms with Crippen molar-refractivity contribution in [2.45, 2.75) is 88.1 Å². The van der Waals surface area contributed by atoms with Crippen molar-refractivity contribution in [2.24, 2.45) is 5.92 Å². The van der Waals surface area contributed by atoms with E-state index in [1.54, 1.807) is 33.1 Å². The maximum Gasteiger partial charge on any atom is 0.261 e. The van der Waals surface area contributed by atoms with Crippen molar-refractivity contribution in [3.8, 4) is 5.75 Å². The summed E-state index contributed by atoms with van der Waals surface area (Å²) >= 11 is 0. The van der Waals surface area contributed by atoms with E-state index in [1.165, 1.54) is 11.4 Å². The van der Waals surface area contributed by atoms with Crippen LogP contribution in [0.5, 0.6) is 5.75 Å². The van der Waals surface area contributed by atoms with Crippen molar-refractivity contribution < 1.29 is 26.7 Å². The van der Waals surface area contributed by atoms with E-state index >= 15 is 0 Å². The highest BCUT2D eigenvalue weighted by Crippen LogP contribution is 2.31. The lowest BCUT2D eigenvalue weighted by Gasteiger charge is -2.41. The van der Waals surface area contributed by atoms with Crippen LogP contribution in [0.15, 0.2) is 17.0 Å². The molecule has 2 heterocycles. The molecule has 1 saturated carbocycles. The zero-order chi connectivity index (χ0) is 29.1. The van der Waals surface area contributed by atoms with E-state index in [0.717, 1.165) is 58.2 Å². The monoisotopic (exact) mass is 584 g/mol. The topological polar surface area (TPSA) is 82.2 Å². The molecule has 226 valence electrons. The van der Waals surface area contributed by atoms with Crippen LogP contribution >= 0.6 is 0 Å². The molecule has 8 nitrogen and oxygen atoms in total. The number of rotatable bonds is 10. The summed E-state index contributed by atoms with van der Waals surface area (Å²) in [5, 5.41) is 3.12. The SMILES string of the molecule is COc1cc(C)c(S(=O)(=O)N(C)CCC(=O)NC2CCC(N3CCC(CN4CCC(F)(F)C4)CC3)CC2)c(C)c1. The number of nitrogens with one attached hydrogen (secondary N) is 1. The number of piperidine rings is 1. The van der Waals surface area contributed by atoms with E-state index in [9.17, 15) is 22.0 Å². The Bertz CT molecular complexity index is 1110. The van der Waals surface area contributed by atoms with Gasteiger partial charge in [-0.3, -0.25) is 9.69 Å². The molecule has 0 spiro atoms. The van der Waals surface area contributed by atoms with Crippen LogP contribution in [0.4, 0.5) is 8.78 Å². The molecule has 2 saturated heterocycles. The molecule has 3 fully saturated rings. The molecule has 4 rings (SSSR count). The number of likely N-dealkylation sites (tertiary alicyclic amines) is 2. The van der Waals surface area contributed by atoms with Crippen LogP contribution in [0.1, 0.15) is 62.5 Å². The first kappa shape index (κ1) is 31.1. The van der Waals surface area contributed by atoms with Crippen molar-refractivity contribution in [1.82, 2.24) is 19.4 Å². The van der Waals surface area contributed by atoms with Crippen LogP contribution in [0.25, 0.3) is 0 Å². The zero-order valence-electron chi connectivity index (χ0n) is 24.4. The van der Waals surface area contributed by atoms with Crippen LogP contribution < -0.4 is 10.1 Å². The number of alkyl halides is 2. The van der Waals surface area contributed by atoms with Gasteiger partial charge in [0, 0.05) is 51.6 Å². The summed E-state index contributed by atoms with van der Waals surface area (Å²) in [5.41, 5.74) is 1.23. The molecule has 1 aliphatic carbocycles. The van der Waals surface area contributed by atoms with E-state index in [-0.39, 0.29) is 42.8 Å². The number of halogens is 2.